The van der Waals surface area contributed by atoms with Crippen molar-refractivity contribution in [2.24, 2.45) is 0 Å². The number of ether oxygens (including phenoxy) is 2. The van der Waals surface area contributed by atoms with Crippen molar-refractivity contribution in [3.05, 3.63) is 92.4 Å². The van der Waals surface area contributed by atoms with E-state index in [1.54, 1.807) is 43.7 Å². The van der Waals surface area contributed by atoms with Gasteiger partial charge in [0.15, 0.2) is 0 Å². The van der Waals surface area contributed by atoms with Crippen LogP contribution in [0.1, 0.15) is 47.2 Å². The van der Waals surface area contributed by atoms with Crippen molar-refractivity contribution >= 4 is 17.2 Å². The molecule has 2 unspecified atom stereocenters. The van der Waals surface area contributed by atoms with Gasteiger partial charge in [-0.1, -0.05) is 11.6 Å². The third-order valence-corrected chi connectivity index (χ3v) is 6.97. The summed E-state index contributed by atoms with van der Waals surface area (Å²) in [6.07, 6.45) is 4.88. The maximum atomic E-state index is 15.0. The Morgan fingerprint density at radius 3 is 2.74 bits per heavy atom. The van der Waals surface area contributed by atoms with Gasteiger partial charge in [0, 0.05) is 52.5 Å². The van der Waals surface area contributed by atoms with Crippen LogP contribution in [0.2, 0.25) is 5.02 Å². The van der Waals surface area contributed by atoms with Crippen molar-refractivity contribution in [3.8, 4) is 17.0 Å². The number of rotatable bonds is 4. The van der Waals surface area contributed by atoms with E-state index in [0.29, 0.717) is 52.0 Å². The normalized spacial score (nSPS) is 18.1. The summed E-state index contributed by atoms with van der Waals surface area (Å²) in [5, 5.41) is 0.309. The number of aryl methyl sites for hydroxylation is 1. The molecule has 1 saturated heterocycles. The lowest BCUT2D eigenvalue weighted by Crippen LogP contribution is -2.23. The number of pyridine rings is 2. The van der Waals surface area contributed by atoms with Gasteiger partial charge < -0.3 is 9.47 Å². The fourth-order valence-electron chi connectivity index (χ4n) is 4.65. The van der Waals surface area contributed by atoms with Gasteiger partial charge in [-0.2, -0.15) is 0 Å². The number of nitrogens with zero attached hydrogens (tertiary/aromatic N) is 3. The predicted octanol–water partition coefficient (Wildman–Crippen LogP) is 5.81. The molecule has 0 spiro atoms. The highest BCUT2D eigenvalue weighted by molar-refractivity contribution is 6.30. The van der Waals surface area contributed by atoms with Gasteiger partial charge in [-0.3, -0.25) is 9.20 Å². The van der Waals surface area contributed by atoms with Gasteiger partial charge in [-0.25, -0.2) is 14.4 Å². The fraction of sp³-hybridized carbons (Fsp3) is 0.296. The van der Waals surface area contributed by atoms with E-state index in [9.17, 15) is 4.79 Å². The van der Waals surface area contributed by atoms with E-state index in [4.69, 9.17) is 21.1 Å². The van der Waals surface area contributed by atoms with Gasteiger partial charge in [-0.15, -0.1) is 0 Å². The van der Waals surface area contributed by atoms with Crippen LogP contribution in [-0.2, 0) is 4.74 Å². The molecule has 5 rings (SSSR count). The average Bonchev–Trinajstić information content (AvgIpc) is 2.87. The zero-order valence-corrected chi connectivity index (χ0v) is 20.5. The quantitative estimate of drug-likeness (QED) is 0.359. The average molecular weight is 494 g/mol. The molecule has 0 aliphatic carbocycles. The van der Waals surface area contributed by atoms with Crippen LogP contribution in [0.25, 0.3) is 16.8 Å². The number of benzene rings is 1. The van der Waals surface area contributed by atoms with Crippen LogP contribution in [-0.4, -0.2) is 28.1 Å². The SMILES string of the molecule is COc1cc(C2CC(c3cc(-c4ccc(Cl)cc4F)c4nc(C)c(C)c(=O)n4c3)CCO2)ccn1. The molecule has 1 fully saturated rings. The van der Waals surface area contributed by atoms with E-state index >= 15 is 4.39 Å². The molecule has 1 aromatic carbocycles. The standard InChI is InChI=1S/C27H25ClFN3O3/c1-15-16(2)31-26-22(21-5-4-20(28)13-23(21)29)10-19(14-32(26)27(15)33)17-7-9-35-24(11-17)18-6-8-30-25(12-18)34-3/h4-6,8,10,12-14,17,24H,7,9,11H2,1-3H3. The van der Waals surface area contributed by atoms with Gasteiger partial charge in [0.25, 0.3) is 5.56 Å². The Balaban J connectivity index is 1.64. The molecule has 35 heavy (non-hydrogen) atoms. The molecule has 1 aliphatic heterocycles. The van der Waals surface area contributed by atoms with E-state index in [1.165, 1.54) is 6.07 Å². The number of hydrogen-bond acceptors (Lipinski definition) is 5. The zero-order valence-electron chi connectivity index (χ0n) is 19.7. The van der Waals surface area contributed by atoms with E-state index in [2.05, 4.69) is 9.97 Å². The molecule has 4 heterocycles. The minimum absolute atomic E-state index is 0.0972. The monoisotopic (exact) mass is 493 g/mol. The Hall–Kier alpha value is -3.29. The Kier molecular flexibility index (Phi) is 6.30. The Bertz CT molecular complexity index is 1490. The van der Waals surface area contributed by atoms with Crippen LogP contribution in [0.5, 0.6) is 5.88 Å². The third-order valence-electron chi connectivity index (χ3n) is 6.73. The van der Waals surface area contributed by atoms with E-state index in [0.717, 1.165) is 17.5 Å². The van der Waals surface area contributed by atoms with E-state index in [1.807, 2.05) is 24.4 Å². The topological polar surface area (TPSA) is 65.7 Å². The van der Waals surface area contributed by atoms with Crippen LogP contribution in [0.3, 0.4) is 0 Å². The van der Waals surface area contributed by atoms with Gasteiger partial charge in [-0.05, 0) is 74.1 Å². The second-order valence-corrected chi connectivity index (χ2v) is 9.28. The van der Waals surface area contributed by atoms with Crippen molar-refractivity contribution in [3.63, 3.8) is 0 Å². The molecular weight excluding hydrogens is 469 g/mol. The van der Waals surface area contributed by atoms with Crippen molar-refractivity contribution in [2.45, 2.75) is 38.7 Å². The minimum atomic E-state index is -0.460. The first-order chi connectivity index (χ1) is 16.9. The Morgan fingerprint density at radius 1 is 1.14 bits per heavy atom. The lowest BCUT2D eigenvalue weighted by molar-refractivity contribution is 0.00504. The summed E-state index contributed by atoms with van der Waals surface area (Å²) in [4.78, 5) is 22.1. The van der Waals surface area contributed by atoms with Gasteiger partial charge in [0.1, 0.15) is 11.5 Å². The molecule has 0 bridgehead atoms. The second-order valence-electron chi connectivity index (χ2n) is 8.84. The number of methoxy groups -OCH3 is 1. The van der Waals surface area contributed by atoms with Crippen LogP contribution >= 0.6 is 11.6 Å². The summed E-state index contributed by atoms with van der Waals surface area (Å²) < 4.78 is 27.9. The summed E-state index contributed by atoms with van der Waals surface area (Å²) in [7, 11) is 1.58. The first-order valence-electron chi connectivity index (χ1n) is 11.5. The molecular formula is C27H25ClFN3O3. The van der Waals surface area contributed by atoms with Crippen LogP contribution < -0.4 is 10.3 Å². The lowest BCUT2D eigenvalue weighted by atomic mass is 9.86. The highest BCUT2D eigenvalue weighted by Crippen LogP contribution is 2.40. The van der Waals surface area contributed by atoms with Crippen LogP contribution in [0.15, 0.2) is 53.6 Å². The summed E-state index contributed by atoms with van der Waals surface area (Å²) >= 11 is 6.00. The Labute approximate surface area is 207 Å². The predicted molar refractivity (Wildman–Crippen MR) is 133 cm³/mol. The largest absolute Gasteiger partial charge is 0.481 e. The fourth-order valence-corrected chi connectivity index (χ4v) is 4.81. The van der Waals surface area contributed by atoms with Crippen LogP contribution in [0, 0.1) is 19.7 Å². The van der Waals surface area contributed by atoms with Crippen molar-refractivity contribution in [1.82, 2.24) is 14.4 Å². The molecule has 3 aromatic heterocycles. The maximum Gasteiger partial charge on any atom is 0.261 e. The van der Waals surface area contributed by atoms with Gasteiger partial charge >= 0.3 is 0 Å². The molecule has 0 N–H and O–H groups in total. The zero-order chi connectivity index (χ0) is 24.7. The summed E-state index contributed by atoms with van der Waals surface area (Å²) in [6.45, 7) is 4.11. The first-order valence-corrected chi connectivity index (χ1v) is 11.8. The molecule has 0 radical (unpaired) electrons. The number of aromatic nitrogens is 3. The van der Waals surface area contributed by atoms with Crippen molar-refractivity contribution < 1.29 is 13.9 Å². The molecule has 1 aliphatic rings. The van der Waals surface area contributed by atoms with Crippen molar-refractivity contribution in [1.29, 1.82) is 0 Å². The Morgan fingerprint density at radius 2 is 1.97 bits per heavy atom. The molecule has 2 atom stereocenters. The molecule has 0 saturated carbocycles. The molecule has 6 nitrogen and oxygen atoms in total. The molecule has 0 amide bonds. The number of halogens is 2. The summed E-state index contributed by atoms with van der Waals surface area (Å²) in [6, 6.07) is 10.3. The highest BCUT2D eigenvalue weighted by atomic mass is 35.5. The number of hydrogen-bond donors (Lipinski definition) is 0. The first kappa shape index (κ1) is 23.5. The van der Waals surface area contributed by atoms with Crippen molar-refractivity contribution in [2.75, 3.05) is 13.7 Å². The highest BCUT2D eigenvalue weighted by Gasteiger charge is 2.27. The van der Waals surface area contributed by atoms with Gasteiger partial charge in [0.05, 0.1) is 13.2 Å². The maximum absolute atomic E-state index is 15.0. The van der Waals surface area contributed by atoms with E-state index in [-0.39, 0.29) is 17.6 Å². The number of fused-ring (bicyclic) bond motifs is 1. The third kappa shape index (κ3) is 4.42. The smallest absolute Gasteiger partial charge is 0.261 e. The molecule has 4 aromatic rings. The summed E-state index contributed by atoms with van der Waals surface area (Å²) in [5.74, 6) is 0.167. The van der Waals surface area contributed by atoms with E-state index < -0.39 is 5.82 Å². The second kappa shape index (κ2) is 9.40. The van der Waals surface area contributed by atoms with Gasteiger partial charge in [0.2, 0.25) is 5.88 Å². The lowest BCUT2D eigenvalue weighted by Gasteiger charge is -2.30. The summed E-state index contributed by atoms with van der Waals surface area (Å²) in [5.41, 5.74) is 4.28. The molecule has 180 valence electrons. The minimum Gasteiger partial charge on any atom is -0.481 e. The molecule has 8 heteroatoms. The van der Waals surface area contributed by atoms with Crippen LogP contribution in [0.4, 0.5) is 4.39 Å².